The van der Waals surface area contributed by atoms with Gasteiger partial charge in [-0.3, -0.25) is 24.1 Å². The van der Waals surface area contributed by atoms with Crippen LogP contribution in [-0.4, -0.2) is 46.3 Å². The van der Waals surface area contributed by atoms with Gasteiger partial charge in [-0.15, -0.1) is 0 Å². The molecule has 0 aromatic heterocycles. The van der Waals surface area contributed by atoms with Gasteiger partial charge in [-0.2, -0.15) is 0 Å². The number of fused-ring (bicyclic) bond motifs is 1. The molecule has 132 valence electrons. The highest BCUT2D eigenvalue weighted by Crippen LogP contribution is 2.37. The van der Waals surface area contributed by atoms with E-state index in [0.29, 0.717) is 25.7 Å². The Morgan fingerprint density at radius 2 is 1.50 bits per heavy atom. The Morgan fingerprint density at radius 1 is 0.958 bits per heavy atom. The van der Waals surface area contributed by atoms with Crippen LogP contribution >= 0.6 is 0 Å². The maximum atomic E-state index is 12.4. The highest BCUT2D eigenvalue weighted by molar-refractivity contribution is 6.07. The third kappa shape index (κ3) is 3.30. The molecule has 3 amide bonds. The molecular weight excluding hydrogens is 312 g/mol. The molecule has 0 radical (unpaired) electrons. The van der Waals surface area contributed by atoms with Crippen LogP contribution in [0.1, 0.15) is 51.4 Å². The van der Waals surface area contributed by atoms with Crippen molar-refractivity contribution in [3.8, 4) is 0 Å². The molecule has 3 aliphatic rings. The van der Waals surface area contributed by atoms with Gasteiger partial charge < -0.3 is 10.4 Å². The van der Waals surface area contributed by atoms with E-state index in [4.69, 9.17) is 5.11 Å². The Morgan fingerprint density at radius 3 is 2.00 bits per heavy atom. The number of nitrogens with zero attached hydrogens (tertiary/aromatic N) is 1. The summed E-state index contributed by atoms with van der Waals surface area (Å²) in [6.45, 7) is -0.205. The van der Waals surface area contributed by atoms with Gasteiger partial charge in [0.15, 0.2) is 0 Å². The molecule has 2 unspecified atom stereocenters. The Hall–Kier alpha value is -1.92. The first kappa shape index (κ1) is 16.9. The predicted molar refractivity (Wildman–Crippen MR) is 83.7 cm³/mol. The van der Waals surface area contributed by atoms with Gasteiger partial charge in [-0.25, -0.2) is 0 Å². The largest absolute Gasteiger partial charge is 0.481 e. The van der Waals surface area contributed by atoms with E-state index < -0.39 is 5.97 Å². The molecule has 7 nitrogen and oxygen atoms in total. The molecule has 3 rings (SSSR count). The number of aliphatic carboxylic acids is 1. The first-order valence-electron chi connectivity index (χ1n) is 8.84. The summed E-state index contributed by atoms with van der Waals surface area (Å²) in [7, 11) is 0. The second-order valence-electron chi connectivity index (χ2n) is 7.21. The zero-order valence-corrected chi connectivity index (χ0v) is 13.7. The summed E-state index contributed by atoms with van der Waals surface area (Å²) in [4.78, 5) is 49.0. The van der Waals surface area contributed by atoms with E-state index in [0.717, 1.165) is 30.6 Å². The average molecular weight is 336 g/mol. The number of amides is 3. The molecular formula is C17H24N2O5. The van der Waals surface area contributed by atoms with Crippen molar-refractivity contribution in [3.05, 3.63) is 0 Å². The molecule has 7 heteroatoms. The first-order valence-corrected chi connectivity index (χ1v) is 8.84. The van der Waals surface area contributed by atoms with Crippen molar-refractivity contribution in [2.24, 2.45) is 17.8 Å². The lowest BCUT2D eigenvalue weighted by atomic mass is 9.81. The summed E-state index contributed by atoms with van der Waals surface area (Å²) in [6, 6.07) is -0.0665. The van der Waals surface area contributed by atoms with Crippen LogP contribution in [-0.2, 0) is 19.2 Å². The molecule has 24 heavy (non-hydrogen) atoms. The van der Waals surface area contributed by atoms with E-state index >= 15 is 0 Å². The summed E-state index contributed by atoms with van der Waals surface area (Å²) in [5.41, 5.74) is 0. The third-order valence-corrected chi connectivity index (χ3v) is 5.68. The maximum Gasteiger partial charge on any atom is 0.306 e. The summed E-state index contributed by atoms with van der Waals surface area (Å²) in [6.07, 6.45) is 5.75. The normalized spacial score (nSPS) is 33.2. The molecule has 2 aliphatic carbocycles. The molecule has 1 aliphatic heterocycles. The zero-order chi connectivity index (χ0) is 17.3. The number of imide groups is 1. The molecule has 0 bridgehead atoms. The molecule has 2 atom stereocenters. The van der Waals surface area contributed by atoms with E-state index in [1.807, 2.05) is 0 Å². The average Bonchev–Trinajstić information content (AvgIpc) is 2.81. The number of nitrogens with one attached hydrogen (secondary N) is 1. The molecule has 2 N–H and O–H groups in total. The highest BCUT2D eigenvalue weighted by Gasteiger charge is 2.48. The Balaban J connectivity index is 1.51. The number of hydrogen-bond acceptors (Lipinski definition) is 4. The number of carboxylic acid groups (broad SMARTS) is 1. The van der Waals surface area contributed by atoms with Crippen molar-refractivity contribution in [1.82, 2.24) is 10.2 Å². The first-order chi connectivity index (χ1) is 11.5. The van der Waals surface area contributed by atoms with Gasteiger partial charge in [0, 0.05) is 6.04 Å². The Bertz CT molecular complexity index is 529. The van der Waals surface area contributed by atoms with E-state index in [9.17, 15) is 19.2 Å². The minimum Gasteiger partial charge on any atom is -0.481 e. The summed E-state index contributed by atoms with van der Waals surface area (Å²) < 4.78 is 0. The number of likely N-dealkylation sites (tertiary alicyclic amines) is 1. The highest BCUT2D eigenvalue weighted by atomic mass is 16.4. The lowest BCUT2D eigenvalue weighted by molar-refractivity contribution is -0.145. The zero-order valence-electron chi connectivity index (χ0n) is 13.7. The lowest BCUT2D eigenvalue weighted by Gasteiger charge is -2.27. The van der Waals surface area contributed by atoms with Crippen molar-refractivity contribution in [2.45, 2.75) is 57.4 Å². The standard InChI is InChI=1S/C17H24N2O5/c20-14(18-11-7-5-10(6-8-11)17(23)24)9-19-15(21)12-3-1-2-4-13(12)16(19)22/h10-13H,1-9H2,(H,18,20)(H,23,24). The van der Waals surface area contributed by atoms with Gasteiger partial charge in [0.1, 0.15) is 6.54 Å². The monoisotopic (exact) mass is 336 g/mol. The number of carboxylic acids is 1. The van der Waals surface area contributed by atoms with Crippen LogP contribution in [0.5, 0.6) is 0 Å². The lowest BCUT2D eigenvalue weighted by Crippen LogP contribution is -2.45. The smallest absolute Gasteiger partial charge is 0.306 e. The Kier molecular flexibility index (Phi) is 4.87. The Labute approximate surface area is 140 Å². The van der Waals surface area contributed by atoms with Crippen LogP contribution in [0, 0.1) is 17.8 Å². The molecule has 2 saturated carbocycles. The van der Waals surface area contributed by atoms with Gasteiger partial charge in [0.2, 0.25) is 17.7 Å². The fourth-order valence-corrected chi connectivity index (χ4v) is 4.29. The number of carbonyl (C=O) groups excluding carboxylic acids is 3. The summed E-state index contributed by atoms with van der Waals surface area (Å²) in [5, 5.41) is 11.8. The van der Waals surface area contributed by atoms with Gasteiger partial charge in [-0.1, -0.05) is 12.8 Å². The SMILES string of the molecule is O=C(CN1C(=O)C2CCCCC2C1=O)NC1CCC(C(=O)O)CC1. The summed E-state index contributed by atoms with van der Waals surface area (Å²) >= 11 is 0. The number of hydrogen-bond donors (Lipinski definition) is 2. The van der Waals surface area contributed by atoms with Gasteiger partial charge in [-0.05, 0) is 38.5 Å². The molecule has 0 spiro atoms. The van der Waals surface area contributed by atoms with E-state index in [1.165, 1.54) is 0 Å². The van der Waals surface area contributed by atoms with Gasteiger partial charge in [0.25, 0.3) is 0 Å². The van der Waals surface area contributed by atoms with Crippen LogP contribution in [0.3, 0.4) is 0 Å². The van der Waals surface area contributed by atoms with Crippen molar-refractivity contribution in [3.63, 3.8) is 0 Å². The maximum absolute atomic E-state index is 12.4. The molecule has 1 saturated heterocycles. The number of rotatable bonds is 4. The minimum absolute atomic E-state index is 0.0665. The number of carbonyl (C=O) groups is 4. The quantitative estimate of drug-likeness (QED) is 0.743. The van der Waals surface area contributed by atoms with E-state index in [1.54, 1.807) is 0 Å². The minimum atomic E-state index is -0.782. The van der Waals surface area contributed by atoms with Crippen molar-refractivity contribution in [2.75, 3.05) is 6.54 Å². The van der Waals surface area contributed by atoms with Gasteiger partial charge >= 0.3 is 5.97 Å². The second kappa shape index (κ2) is 6.91. The van der Waals surface area contributed by atoms with Crippen molar-refractivity contribution < 1.29 is 24.3 Å². The van der Waals surface area contributed by atoms with Crippen LogP contribution in [0.4, 0.5) is 0 Å². The van der Waals surface area contributed by atoms with Crippen LogP contribution in [0.2, 0.25) is 0 Å². The van der Waals surface area contributed by atoms with E-state index in [-0.39, 0.29) is 48.1 Å². The fourth-order valence-electron chi connectivity index (χ4n) is 4.29. The molecule has 0 aromatic carbocycles. The van der Waals surface area contributed by atoms with Crippen LogP contribution in [0.15, 0.2) is 0 Å². The van der Waals surface area contributed by atoms with Crippen LogP contribution < -0.4 is 5.32 Å². The molecule has 3 fully saturated rings. The molecule has 1 heterocycles. The fraction of sp³-hybridized carbons (Fsp3) is 0.765. The third-order valence-electron chi connectivity index (χ3n) is 5.68. The summed E-state index contributed by atoms with van der Waals surface area (Å²) in [5.74, 6) is -2.30. The molecule has 0 aromatic rings. The predicted octanol–water partition coefficient (Wildman–Crippen LogP) is 0.921. The van der Waals surface area contributed by atoms with Crippen molar-refractivity contribution >= 4 is 23.7 Å². The topological polar surface area (TPSA) is 104 Å². The van der Waals surface area contributed by atoms with Gasteiger partial charge in [0.05, 0.1) is 17.8 Å². The second-order valence-corrected chi connectivity index (χ2v) is 7.21. The van der Waals surface area contributed by atoms with Crippen LogP contribution in [0.25, 0.3) is 0 Å². The van der Waals surface area contributed by atoms with Crippen molar-refractivity contribution in [1.29, 1.82) is 0 Å². The van der Waals surface area contributed by atoms with E-state index in [2.05, 4.69) is 5.32 Å².